The molecule has 0 saturated heterocycles. The monoisotopic (exact) mass is 426 g/mol. The van der Waals surface area contributed by atoms with Crippen LogP contribution in [0.25, 0.3) is 0 Å². The Morgan fingerprint density at radius 1 is 1.06 bits per heavy atom. The van der Waals surface area contributed by atoms with Crippen LogP contribution >= 0.6 is 0 Å². The van der Waals surface area contributed by atoms with Gasteiger partial charge >= 0.3 is 0 Å². The lowest BCUT2D eigenvalue weighted by Crippen LogP contribution is -2.38. The van der Waals surface area contributed by atoms with Crippen LogP contribution < -0.4 is 20.5 Å². The van der Waals surface area contributed by atoms with Crippen LogP contribution in [-0.2, 0) is 16.1 Å². The molecule has 2 heterocycles. The molecule has 0 bridgehead atoms. The minimum absolute atomic E-state index is 0.132. The van der Waals surface area contributed by atoms with Crippen LogP contribution in [0.3, 0.4) is 0 Å². The Labute approximate surface area is 182 Å². The molecular formula is C23H30N4O4. The number of para-hydroxylation sites is 2. The zero-order valence-electron chi connectivity index (χ0n) is 17.7. The average molecular weight is 427 g/mol. The molecule has 3 rings (SSSR count). The van der Waals surface area contributed by atoms with Crippen molar-refractivity contribution in [2.75, 3.05) is 26.2 Å². The Kier molecular flexibility index (Phi) is 8.66. The minimum Gasteiger partial charge on any atom is -0.490 e. The smallest absolute Gasteiger partial charge is 0.234 e. The lowest BCUT2D eigenvalue weighted by molar-refractivity contribution is -0.122. The number of hydrogen-bond acceptors (Lipinski definition) is 6. The van der Waals surface area contributed by atoms with Crippen molar-refractivity contribution in [2.24, 2.45) is 5.73 Å². The first kappa shape index (κ1) is 22.6. The van der Waals surface area contributed by atoms with Gasteiger partial charge in [0.2, 0.25) is 17.7 Å². The van der Waals surface area contributed by atoms with Crippen molar-refractivity contribution >= 4 is 11.8 Å². The van der Waals surface area contributed by atoms with Gasteiger partial charge in [0.1, 0.15) is 0 Å². The highest BCUT2D eigenvalue weighted by molar-refractivity contribution is 5.79. The maximum atomic E-state index is 12.4. The van der Waals surface area contributed by atoms with E-state index in [4.69, 9.17) is 15.2 Å². The molecule has 0 aliphatic carbocycles. The normalized spacial score (nSPS) is 15.4. The van der Waals surface area contributed by atoms with Crippen LogP contribution in [0.15, 0.2) is 42.6 Å². The number of nitrogens with two attached hydrogens (primary N) is 1. The second kappa shape index (κ2) is 11.9. The summed E-state index contributed by atoms with van der Waals surface area (Å²) >= 11 is 0. The van der Waals surface area contributed by atoms with Crippen molar-refractivity contribution in [3.63, 3.8) is 0 Å². The van der Waals surface area contributed by atoms with Gasteiger partial charge in [-0.15, -0.1) is 0 Å². The van der Waals surface area contributed by atoms with E-state index in [1.54, 1.807) is 6.20 Å². The van der Waals surface area contributed by atoms with Crippen molar-refractivity contribution in [3.8, 4) is 17.4 Å². The molecule has 166 valence electrons. The van der Waals surface area contributed by atoms with E-state index in [0.717, 1.165) is 37.8 Å². The number of benzene rings is 1. The maximum absolute atomic E-state index is 12.4. The molecule has 0 unspecified atom stereocenters. The third-order valence-electron chi connectivity index (χ3n) is 4.99. The lowest BCUT2D eigenvalue weighted by atomic mass is 10.1. The van der Waals surface area contributed by atoms with Crippen molar-refractivity contribution < 1.29 is 19.1 Å². The number of ether oxygens (including phenoxy) is 2. The van der Waals surface area contributed by atoms with Crippen LogP contribution in [0, 0.1) is 0 Å². The van der Waals surface area contributed by atoms with E-state index < -0.39 is 5.91 Å². The number of carbonyl (C=O) groups excluding carboxylic acids is 2. The number of aromatic nitrogens is 1. The molecule has 1 aliphatic heterocycles. The molecule has 0 saturated carbocycles. The lowest BCUT2D eigenvalue weighted by Gasteiger charge is -2.23. The number of hydrogen-bond donors (Lipinski definition) is 2. The predicted octanol–water partition coefficient (Wildman–Crippen LogP) is 2.62. The van der Waals surface area contributed by atoms with E-state index >= 15 is 0 Å². The molecule has 31 heavy (non-hydrogen) atoms. The Balaban J connectivity index is 1.75. The Hall–Kier alpha value is -3.13. The van der Waals surface area contributed by atoms with Crippen LogP contribution in [0.5, 0.6) is 17.4 Å². The molecule has 1 aliphatic rings. The standard InChI is InChI=1S/C23H30N4O4/c24-21(28)11-13-25-22(29)17-27-14-5-1-2-6-15-30-19-9-3-4-10-20(19)31-23-18(16-27)8-7-12-26-23/h3-4,7-10,12H,1-2,5-6,11,13-17H2,(H2,24,28)(H,25,29). The highest BCUT2D eigenvalue weighted by atomic mass is 16.5. The van der Waals surface area contributed by atoms with E-state index in [2.05, 4.69) is 15.2 Å². The van der Waals surface area contributed by atoms with E-state index in [1.807, 2.05) is 36.4 Å². The second-order valence-electron chi connectivity index (χ2n) is 7.56. The summed E-state index contributed by atoms with van der Waals surface area (Å²) in [5, 5.41) is 2.76. The third kappa shape index (κ3) is 7.57. The summed E-state index contributed by atoms with van der Waals surface area (Å²) < 4.78 is 12.0. The largest absolute Gasteiger partial charge is 0.490 e. The number of carbonyl (C=O) groups is 2. The summed E-state index contributed by atoms with van der Waals surface area (Å²) in [4.78, 5) is 29.8. The molecule has 0 atom stereocenters. The van der Waals surface area contributed by atoms with Gasteiger partial charge in [-0.3, -0.25) is 14.5 Å². The quantitative estimate of drug-likeness (QED) is 0.761. The van der Waals surface area contributed by atoms with E-state index in [1.165, 1.54) is 0 Å². The van der Waals surface area contributed by atoms with E-state index in [0.29, 0.717) is 30.5 Å². The van der Waals surface area contributed by atoms with Gasteiger partial charge in [-0.25, -0.2) is 4.98 Å². The number of amides is 2. The van der Waals surface area contributed by atoms with Gasteiger partial charge in [0.25, 0.3) is 0 Å². The van der Waals surface area contributed by atoms with Gasteiger partial charge in [0.15, 0.2) is 11.5 Å². The first-order valence-corrected chi connectivity index (χ1v) is 10.7. The highest BCUT2D eigenvalue weighted by Crippen LogP contribution is 2.32. The zero-order chi connectivity index (χ0) is 21.9. The molecule has 2 amide bonds. The van der Waals surface area contributed by atoms with Crippen molar-refractivity contribution in [1.82, 2.24) is 15.2 Å². The highest BCUT2D eigenvalue weighted by Gasteiger charge is 2.16. The predicted molar refractivity (Wildman–Crippen MR) is 117 cm³/mol. The fourth-order valence-corrected chi connectivity index (χ4v) is 3.41. The zero-order valence-corrected chi connectivity index (χ0v) is 17.7. The van der Waals surface area contributed by atoms with Crippen LogP contribution in [0.4, 0.5) is 0 Å². The molecule has 8 nitrogen and oxygen atoms in total. The summed E-state index contributed by atoms with van der Waals surface area (Å²) in [5.74, 6) is 1.25. The van der Waals surface area contributed by atoms with Crippen molar-refractivity contribution in [3.05, 3.63) is 48.2 Å². The fourth-order valence-electron chi connectivity index (χ4n) is 3.41. The van der Waals surface area contributed by atoms with E-state index in [-0.39, 0.29) is 25.4 Å². The van der Waals surface area contributed by atoms with Gasteiger partial charge < -0.3 is 20.5 Å². The molecule has 3 N–H and O–H groups in total. The molecule has 8 heteroatoms. The molecular weight excluding hydrogens is 396 g/mol. The average Bonchev–Trinajstić information content (AvgIpc) is 2.74. The molecule has 0 radical (unpaired) electrons. The number of rotatable bonds is 5. The fraction of sp³-hybridized carbons (Fsp3) is 0.435. The van der Waals surface area contributed by atoms with Crippen LogP contribution in [0.2, 0.25) is 0 Å². The first-order valence-electron chi connectivity index (χ1n) is 10.7. The number of primary amides is 1. The Bertz CT molecular complexity index is 874. The number of pyridine rings is 1. The van der Waals surface area contributed by atoms with Gasteiger partial charge in [-0.05, 0) is 37.6 Å². The number of fused-ring (bicyclic) bond motifs is 2. The van der Waals surface area contributed by atoms with Gasteiger partial charge in [0.05, 0.1) is 13.2 Å². The van der Waals surface area contributed by atoms with Crippen LogP contribution in [-0.4, -0.2) is 47.9 Å². The maximum Gasteiger partial charge on any atom is 0.234 e. The topological polar surface area (TPSA) is 107 Å². The van der Waals surface area contributed by atoms with Crippen molar-refractivity contribution in [1.29, 1.82) is 0 Å². The van der Waals surface area contributed by atoms with E-state index in [9.17, 15) is 9.59 Å². The molecule has 0 spiro atoms. The summed E-state index contributed by atoms with van der Waals surface area (Å²) in [6.07, 6.45) is 5.86. The SMILES string of the molecule is NC(=O)CCNC(=O)CN1CCCCCCOc2ccccc2Oc2ncccc2C1. The third-order valence-corrected chi connectivity index (χ3v) is 4.99. The Morgan fingerprint density at radius 2 is 1.87 bits per heavy atom. The van der Waals surface area contributed by atoms with Gasteiger partial charge in [0, 0.05) is 31.3 Å². The number of nitrogens with one attached hydrogen (secondary N) is 1. The molecule has 1 aromatic heterocycles. The summed E-state index contributed by atoms with van der Waals surface area (Å²) in [7, 11) is 0. The number of nitrogens with zero attached hydrogens (tertiary/aromatic N) is 2. The van der Waals surface area contributed by atoms with Crippen molar-refractivity contribution in [2.45, 2.75) is 38.6 Å². The summed E-state index contributed by atoms with van der Waals surface area (Å²) in [6.45, 7) is 2.40. The summed E-state index contributed by atoms with van der Waals surface area (Å²) in [6, 6.07) is 11.4. The molecule has 2 aromatic rings. The molecule has 0 fully saturated rings. The van der Waals surface area contributed by atoms with Crippen LogP contribution in [0.1, 0.15) is 37.7 Å². The second-order valence-corrected chi connectivity index (χ2v) is 7.56. The van der Waals surface area contributed by atoms with Gasteiger partial charge in [-0.1, -0.05) is 31.0 Å². The Morgan fingerprint density at radius 3 is 2.71 bits per heavy atom. The summed E-state index contributed by atoms with van der Waals surface area (Å²) in [5.41, 5.74) is 6.03. The minimum atomic E-state index is -0.431. The van der Waals surface area contributed by atoms with Gasteiger partial charge in [-0.2, -0.15) is 0 Å². The first-order chi connectivity index (χ1) is 15.1. The molecule has 1 aromatic carbocycles.